The van der Waals surface area contributed by atoms with Gasteiger partial charge in [0, 0.05) is 43.3 Å². The Hall–Kier alpha value is -4.06. The molecule has 3 unspecified atom stereocenters. The lowest BCUT2D eigenvalue weighted by atomic mass is 9.99. The molecule has 0 aliphatic carbocycles. The highest BCUT2D eigenvalue weighted by molar-refractivity contribution is 7.99. The van der Waals surface area contributed by atoms with Gasteiger partial charge < -0.3 is 19.9 Å². The molecule has 234 valence electrons. The van der Waals surface area contributed by atoms with Gasteiger partial charge in [-0.3, -0.25) is 14.8 Å². The van der Waals surface area contributed by atoms with E-state index >= 15 is 0 Å². The van der Waals surface area contributed by atoms with Gasteiger partial charge in [0.05, 0.1) is 23.8 Å². The molecule has 1 aromatic heterocycles. The minimum atomic E-state index is -0.547. The van der Waals surface area contributed by atoms with Crippen molar-refractivity contribution < 1.29 is 29.4 Å². The molecule has 10 heteroatoms. The van der Waals surface area contributed by atoms with Crippen molar-refractivity contribution in [3.05, 3.63) is 119 Å². The van der Waals surface area contributed by atoms with Gasteiger partial charge in [0.15, 0.2) is 6.29 Å². The second-order valence-electron chi connectivity index (χ2n) is 10.8. The normalized spacial score (nSPS) is 17.9. The molecular weight excluding hydrogens is 590 g/mol. The summed E-state index contributed by atoms with van der Waals surface area (Å²) in [6, 6.07) is 29.9. The Labute approximate surface area is 267 Å². The molecule has 0 spiro atoms. The highest BCUT2D eigenvalue weighted by Gasteiger charge is 2.32. The number of nitrogens with one attached hydrogen (secondary N) is 2. The number of aliphatic hydroxyl groups is 1. The maximum Gasteiger partial charge on any atom is 0.243 e. The van der Waals surface area contributed by atoms with E-state index in [1.807, 2.05) is 91.0 Å². The highest BCUT2D eigenvalue weighted by Crippen LogP contribution is 2.39. The van der Waals surface area contributed by atoms with Gasteiger partial charge in [-0.05, 0) is 52.4 Å². The van der Waals surface area contributed by atoms with Crippen molar-refractivity contribution in [3.8, 4) is 11.1 Å². The van der Waals surface area contributed by atoms with E-state index in [1.165, 1.54) is 0 Å². The summed E-state index contributed by atoms with van der Waals surface area (Å²) in [5.74, 6) is 0.0832. The summed E-state index contributed by atoms with van der Waals surface area (Å²) in [7, 11) is 0. The highest BCUT2D eigenvalue weighted by atomic mass is 32.2. The predicted octanol–water partition coefficient (Wildman–Crippen LogP) is 5.87. The van der Waals surface area contributed by atoms with E-state index in [-0.39, 0.29) is 37.6 Å². The molecule has 4 N–H and O–H groups in total. The zero-order chi connectivity index (χ0) is 31.4. The lowest BCUT2D eigenvalue weighted by molar-refractivity contribution is -0.245. The van der Waals surface area contributed by atoms with E-state index < -0.39 is 12.2 Å². The Bertz CT molecular complexity index is 1540. The van der Waals surface area contributed by atoms with Crippen molar-refractivity contribution in [1.29, 1.82) is 0 Å². The molecule has 2 heterocycles. The summed E-state index contributed by atoms with van der Waals surface area (Å²) in [6.07, 6.45) is 2.39. The fourth-order valence-corrected chi connectivity index (χ4v) is 5.96. The molecule has 0 radical (unpaired) electrons. The summed E-state index contributed by atoms with van der Waals surface area (Å²) >= 11 is 1.66. The second kappa shape index (κ2) is 16.3. The van der Waals surface area contributed by atoms with Gasteiger partial charge >= 0.3 is 0 Å². The van der Waals surface area contributed by atoms with Crippen molar-refractivity contribution >= 4 is 23.6 Å². The van der Waals surface area contributed by atoms with E-state index in [0.29, 0.717) is 19.4 Å². The molecule has 1 saturated heterocycles. The Morgan fingerprint density at radius 1 is 0.844 bits per heavy atom. The molecule has 9 nitrogen and oxygen atoms in total. The number of hydrogen-bond donors (Lipinski definition) is 4. The van der Waals surface area contributed by atoms with Crippen LogP contribution in [0.4, 0.5) is 0 Å². The SMILES string of the molecule is O=C(CCCC(=O)NCc1cccc(-c2ccc(C3OC(CSc4ccccn4)CC(c4ccc(CO)cc4)O3)cc2)c1)NO. The van der Waals surface area contributed by atoms with Crippen LogP contribution in [0.25, 0.3) is 11.1 Å². The van der Waals surface area contributed by atoms with Crippen LogP contribution in [0, 0.1) is 0 Å². The van der Waals surface area contributed by atoms with Gasteiger partial charge in [0.2, 0.25) is 11.8 Å². The molecule has 0 bridgehead atoms. The molecule has 5 rings (SSSR count). The van der Waals surface area contributed by atoms with Crippen LogP contribution in [0.15, 0.2) is 102 Å². The van der Waals surface area contributed by atoms with E-state index in [1.54, 1.807) is 23.4 Å². The minimum Gasteiger partial charge on any atom is -0.392 e. The zero-order valence-electron chi connectivity index (χ0n) is 24.8. The number of carbonyl (C=O) groups is 2. The first-order valence-electron chi connectivity index (χ1n) is 14.9. The molecule has 1 fully saturated rings. The summed E-state index contributed by atoms with van der Waals surface area (Å²) in [6.45, 7) is 0.372. The van der Waals surface area contributed by atoms with Crippen molar-refractivity contribution in [2.24, 2.45) is 0 Å². The summed E-state index contributed by atoms with van der Waals surface area (Å²) < 4.78 is 13.0. The Kier molecular flexibility index (Phi) is 11.7. The van der Waals surface area contributed by atoms with Gasteiger partial charge in [0.25, 0.3) is 0 Å². The molecule has 1 aliphatic heterocycles. The number of hydrogen-bond acceptors (Lipinski definition) is 8. The maximum absolute atomic E-state index is 12.2. The molecule has 2 amide bonds. The molecule has 3 aromatic carbocycles. The second-order valence-corrected chi connectivity index (χ2v) is 11.9. The number of pyridine rings is 1. The number of rotatable bonds is 13. The van der Waals surface area contributed by atoms with Gasteiger partial charge in [-0.1, -0.05) is 72.8 Å². The largest absolute Gasteiger partial charge is 0.392 e. The Morgan fingerprint density at radius 2 is 1.62 bits per heavy atom. The minimum absolute atomic E-state index is 0.00182. The number of amides is 2. The van der Waals surface area contributed by atoms with Gasteiger partial charge in [-0.15, -0.1) is 11.8 Å². The molecule has 4 aromatic rings. The average Bonchev–Trinajstić information content (AvgIpc) is 3.10. The van der Waals surface area contributed by atoms with Gasteiger partial charge in [-0.2, -0.15) is 0 Å². The zero-order valence-corrected chi connectivity index (χ0v) is 25.6. The third kappa shape index (κ3) is 9.46. The number of hydroxylamine groups is 1. The third-order valence-electron chi connectivity index (χ3n) is 7.54. The fraction of sp³-hybridized carbons (Fsp3) is 0.286. The van der Waals surface area contributed by atoms with Crippen molar-refractivity contribution in [2.75, 3.05) is 5.75 Å². The fourth-order valence-electron chi connectivity index (χ4n) is 5.08. The lowest BCUT2D eigenvalue weighted by Gasteiger charge is -2.36. The molecule has 3 atom stereocenters. The standard InChI is InChI=1S/C35H37N3O6S/c39-22-24-10-12-27(13-11-24)31-20-30(23-45-34-9-1-2-18-36-34)43-35(44-31)28-16-14-26(15-17-28)29-6-3-5-25(19-29)21-37-32(40)7-4-8-33(41)38-42/h1-3,5-6,9-19,30-31,35,39,42H,4,7-8,20-23H2,(H,37,40)(H,38,41). The number of aromatic nitrogens is 1. The van der Waals surface area contributed by atoms with E-state index in [9.17, 15) is 14.7 Å². The Balaban J connectivity index is 1.24. The van der Waals surface area contributed by atoms with E-state index in [4.69, 9.17) is 14.7 Å². The van der Waals surface area contributed by atoms with Crippen molar-refractivity contribution in [2.45, 2.75) is 62.4 Å². The monoisotopic (exact) mass is 627 g/mol. The van der Waals surface area contributed by atoms with Crippen LogP contribution >= 0.6 is 11.8 Å². The smallest absolute Gasteiger partial charge is 0.243 e. The van der Waals surface area contributed by atoms with Gasteiger partial charge in [0.1, 0.15) is 0 Å². The topological polar surface area (TPSA) is 130 Å². The van der Waals surface area contributed by atoms with Crippen LogP contribution < -0.4 is 10.8 Å². The number of ether oxygens (including phenoxy) is 2. The number of thioether (sulfide) groups is 1. The van der Waals surface area contributed by atoms with Crippen LogP contribution in [0.5, 0.6) is 0 Å². The summed E-state index contributed by atoms with van der Waals surface area (Å²) in [5.41, 5.74) is 7.39. The quantitative estimate of drug-likeness (QED) is 0.0823. The van der Waals surface area contributed by atoms with Crippen LogP contribution in [-0.4, -0.2) is 39.0 Å². The van der Waals surface area contributed by atoms with E-state index in [0.717, 1.165) is 44.2 Å². The predicted molar refractivity (Wildman–Crippen MR) is 171 cm³/mol. The molecule has 1 aliphatic rings. The number of carbonyl (C=O) groups excluding carboxylic acids is 2. The van der Waals surface area contributed by atoms with E-state index in [2.05, 4.69) is 10.3 Å². The third-order valence-corrected chi connectivity index (χ3v) is 8.61. The number of nitrogens with zero attached hydrogens (tertiary/aromatic N) is 1. The van der Waals surface area contributed by atoms with Crippen molar-refractivity contribution in [1.82, 2.24) is 15.8 Å². The van der Waals surface area contributed by atoms with Crippen LogP contribution in [0.3, 0.4) is 0 Å². The molecule has 0 saturated carbocycles. The van der Waals surface area contributed by atoms with Crippen LogP contribution in [0.1, 0.15) is 60.3 Å². The Morgan fingerprint density at radius 3 is 2.36 bits per heavy atom. The summed E-state index contributed by atoms with van der Waals surface area (Å²) in [5, 5.41) is 21.9. The van der Waals surface area contributed by atoms with Crippen LogP contribution in [-0.2, 0) is 32.2 Å². The first-order valence-corrected chi connectivity index (χ1v) is 15.9. The summed E-state index contributed by atoms with van der Waals surface area (Å²) in [4.78, 5) is 27.7. The van der Waals surface area contributed by atoms with Crippen molar-refractivity contribution in [3.63, 3.8) is 0 Å². The lowest BCUT2D eigenvalue weighted by Crippen LogP contribution is -2.31. The first kappa shape index (κ1) is 32.3. The number of benzene rings is 3. The van der Waals surface area contributed by atoms with Crippen LogP contribution in [0.2, 0.25) is 0 Å². The molecule has 45 heavy (non-hydrogen) atoms. The maximum atomic E-state index is 12.2. The molecular formula is C35H37N3O6S. The van der Waals surface area contributed by atoms with Gasteiger partial charge in [-0.25, -0.2) is 10.5 Å². The average molecular weight is 628 g/mol. The number of aliphatic hydroxyl groups excluding tert-OH is 1. The first-order chi connectivity index (χ1) is 22.0.